The van der Waals surface area contributed by atoms with Gasteiger partial charge in [-0.2, -0.15) is 0 Å². The molecule has 0 nitrogen and oxygen atoms in total. The molecule has 0 bridgehead atoms. The summed E-state index contributed by atoms with van der Waals surface area (Å²) in [6.07, 6.45) is 0. The molecule has 0 spiro atoms. The van der Waals surface area contributed by atoms with Crippen molar-refractivity contribution in [2.24, 2.45) is 0 Å². The van der Waals surface area contributed by atoms with Crippen molar-refractivity contribution in [3.63, 3.8) is 0 Å². The Bertz CT molecular complexity index is 3310. The largest absolute Gasteiger partial charge is 0.0622 e. The van der Waals surface area contributed by atoms with E-state index in [0.29, 0.717) is 0 Å². The van der Waals surface area contributed by atoms with Crippen LogP contribution in [0, 0.1) is 0 Å². The first-order valence-corrected chi connectivity index (χ1v) is 22.2. The molecular weight excluding hydrogens is 769 g/mol. The first kappa shape index (κ1) is 37.4. The van der Waals surface area contributed by atoms with Gasteiger partial charge in [-0.05, 0) is 121 Å². The Morgan fingerprint density at radius 3 is 0.578 bits per heavy atom. The molecule has 12 rings (SSSR count). The minimum atomic E-state index is 1.21. The molecule has 12 aromatic rings. The van der Waals surface area contributed by atoms with Crippen molar-refractivity contribution in [1.82, 2.24) is 0 Å². The van der Waals surface area contributed by atoms with Crippen LogP contribution in [0.15, 0.2) is 255 Å². The van der Waals surface area contributed by atoms with Crippen molar-refractivity contribution in [3.8, 4) is 77.9 Å². The predicted molar refractivity (Wildman–Crippen MR) is 275 cm³/mol. The average molecular weight is 811 g/mol. The molecule has 0 heterocycles. The highest BCUT2D eigenvalue weighted by molar-refractivity contribution is 6.30. The number of rotatable bonds is 7. The van der Waals surface area contributed by atoms with Crippen LogP contribution in [0.2, 0.25) is 0 Å². The maximum Gasteiger partial charge on any atom is -0.00139 e. The normalized spacial score (nSPS) is 11.4. The molecule has 64 heavy (non-hydrogen) atoms. The van der Waals surface area contributed by atoms with Gasteiger partial charge in [0.15, 0.2) is 0 Å². The van der Waals surface area contributed by atoms with E-state index in [1.54, 1.807) is 0 Å². The zero-order valence-electron chi connectivity index (χ0n) is 35.2. The van der Waals surface area contributed by atoms with Crippen LogP contribution in [0.3, 0.4) is 0 Å². The predicted octanol–water partition coefficient (Wildman–Crippen LogP) is 18.0. The minimum Gasteiger partial charge on any atom is -0.0622 e. The van der Waals surface area contributed by atoms with Gasteiger partial charge in [-0.25, -0.2) is 0 Å². The summed E-state index contributed by atoms with van der Waals surface area (Å²) in [5, 5.41) is 9.99. The lowest BCUT2D eigenvalue weighted by molar-refractivity contribution is 1.58. The summed E-state index contributed by atoms with van der Waals surface area (Å²) >= 11 is 0. The van der Waals surface area contributed by atoms with E-state index >= 15 is 0 Å². The third kappa shape index (κ3) is 6.31. The van der Waals surface area contributed by atoms with E-state index in [0.717, 1.165) is 0 Å². The Morgan fingerprint density at radius 2 is 0.312 bits per heavy atom. The summed E-state index contributed by atoms with van der Waals surface area (Å²) in [5.74, 6) is 0. The fraction of sp³-hybridized carbons (Fsp3) is 0. The second kappa shape index (κ2) is 15.9. The Balaban J connectivity index is 1.04. The number of fused-ring (bicyclic) bond motifs is 4. The molecule has 0 saturated heterocycles. The van der Waals surface area contributed by atoms with Gasteiger partial charge in [0, 0.05) is 0 Å². The zero-order valence-corrected chi connectivity index (χ0v) is 35.2. The van der Waals surface area contributed by atoms with Gasteiger partial charge in [0.05, 0.1) is 0 Å². The standard InChI is InChI=1S/C64H42/c1-3-19-43(20-4-1)49-23-7-9-25-51(49)45-35-39-47(40-36-45)61-53-27-11-15-31-57(53)63(58-32-16-12-28-54(58)61)64-59-33-17-13-29-55(59)62(56-30-14-18-34-60(56)64)48-41-37-46(38-42-48)52-26-10-8-24-50(52)44-21-5-2-6-22-44/h1-42H. The van der Waals surface area contributed by atoms with E-state index in [-0.39, 0.29) is 0 Å². The Labute approximate surface area is 374 Å². The zero-order chi connectivity index (χ0) is 42.4. The van der Waals surface area contributed by atoms with Crippen molar-refractivity contribution in [2.45, 2.75) is 0 Å². The highest BCUT2D eigenvalue weighted by atomic mass is 14.3. The number of hydrogen-bond donors (Lipinski definition) is 0. The molecule has 12 aromatic carbocycles. The Hall–Kier alpha value is -8.32. The van der Waals surface area contributed by atoms with Crippen molar-refractivity contribution < 1.29 is 0 Å². The fourth-order valence-electron chi connectivity index (χ4n) is 10.3. The summed E-state index contributed by atoms with van der Waals surface area (Å²) in [6, 6.07) is 93.4. The molecular formula is C64H42. The van der Waals surface area contributed by atoms with Gasteiger partial charge in [0.25, 0.3) is 0 Å². The lowest BCUT2D eigenvalue weighted by Gasteiger charge is -2.22. The first-order chi connectivity index (χ1) is 31.8. The van der Waals surface area contributed by atoms with Crippen LogP contribution in [0.5, 0.6) is 0 Å². The molecule has 0 aliphatic carbocycles. The van der Waals surface area contributed by atoms with Crippen LogP contribution in [0.1, 0.15) is 0 Å². The van der Waals surface area contributed by atoms with Crippen molar-refractivity contribution in [2.75, 3.05) is 0 Å². The third-order valence-corrected chi connectivity index (χ3v) is 13.1. The van der Waals surface area contributed by atoms with Crippen molar-refractivity contribution in [3.05, 3.63) is 255 Å². The highest BCUT2D eigenvalue weighted by Gasteiger charge is 2.22. The second-order valence-corrected chi connectivity index (χ2v) is 16.7. The van der Waals surface area contributed by atoms with Gasteiger partial charge >= 0.3 is 0 Å². The van der Waals surface area contributed by atoms with Crippen molar-refractivity contribution in [1.29, 1.82) is 0 Å². The van der Waals surface area contributed by atoms with Crippen LogP contribution in [0.4, 0.5) is 0 Å². The molecule has 0 N–H and O–H groups in total. The van der Waals surface area contributed by atoms with Crippen LogP contribution in [-0.4, -0.2) is 0 Å². The van der Waals surface area contributed by atoms with Crippen molar-refractivity contribution >= 4 is 43.1 Å². The Kier molecular flexibility index (Phi) is 9.28. The lowest BCUT2D eigenvalue weighted by Crippen LogP contribution is -1.95. The summed E-state index contributed by atoms with van der Waals surface area (Å²) < 4.78 is 0. The van der Waals surface area contributed by atoms with E-state index in [4.69, 9.17) is 0 Å². The average Bonchev–Trinajstić information content (AvgIpc) is 3.38. The van der Waals surface area contributed by atoms with Gasteiger partial charge in [-0.1, -0.05) is 255 Å². The van der Waals surface area contributed by atoms with Gasteiger partial charge in [0.2, 0.25) is 0 Å². The quantitative estimate of drug-likeness (QED) is 0.141. The molecule has 0 amide bonds. The van der Waals surface area contributed by atoms with E-state index in [2.05, 4.69) is 255 Å². The van der Waals surface area contributed by atoms with Gasteiger partial charge in [0.1, 0.15) is 0 Å². The summed E-state index contributed by atoms with van der Waals surface area (Å²) in [7, 11) is 0. The van der Waals surface area contributed by atoms with E-state index in [1.807, 2.05) is 0 Å². The van der Waals surface area contributed by atoms with Crippen LogP contribution < -0.4 is 0 Å². The smallest absolute Gasteiger partial charge is 0.00139 e. The van der Waals surface area contributed by atoms with Gasteiger partial charge in [-0.3, -0.25) is 0 Å². The van der Waals surface area contributed by atoms with Gasteiger partial charge < -0.3 is 0 Å². The molecule has 0 heteroatoms. The topological polar surface area (TPSA) is 0 Å². The number of benzene rings is 12. The summed E-state index contributed by atoms with van der Waals surface area (Å²) in [5.41, 5.74) is 17.3. The van der Waals surface area contributed by atoms with Crippen LogP contribution >= 0.6 is 0 Å². The summed E-state index contributed by atoms with van der Waals surface area (Å²) in [4.78, 5) is 0. The molecule has 0 saturated carbocycles. The highest BCUT2D eigenvalue weighted by Crippen LogP contribution is 2.50. The fourth-order valence-corrected chi connectivity index (χ4v) is 10.3. The molecule has 0 aliphatic heterocycles. The lowest BCUT2D eigenvalue weighted by atomic mass is 9.81. The van der Waals surface area contributed by atoms with E-state index in [9.17, 15) is 0 Å². The molecule has 298 valence electrons. The summed E-state index contributed by atoms with van der Waals surface area (Å²) in [6.45, 7) is 0. The van der Waals surface area contributed by atoms with E-state index < -0.39 is 0 Å². The molecule has 0 fully saturated rings. The molecule has 0 atom stereocenters. The maximum atomic E-state index is 2.33. The van der Waals surface area contributed by atoms with E-state index in [1.165, 1.54) is 121 Å². The maximum absolute atomic E-state index is 2.33. The molecule has 0 aliphatic rings. The van der Waals surface area contributed by atoms with Crippen LogP contribution in [-0.2, 0) is 0 Å². The van der Waals surface area contributed by atoms with Crippen LogP contribution in [0.25, 0.3) is 121 Å². The SMILES string of the molecule is c1ccc(-c2ccccc2-c2ccc(-c3c4ccccc4c(-c4c5ccccc5c(-c5ccc(-c6ccccc6-c6ccccc6)cc5)c5ccccc45)c4ccccc34)cc2)cc1. The molecule has 0 aromatic heterocycles. The number of hydrogen-bond acceptors (Lipinski definition) is 0. The molecule has 0 radical (unpaired) electrons. The first-order valence-electron chi connectivity index (χ1n) is 22.2. The Morgan fingerprint density at radius 1 is 0.125 bits per heavy atom. The molecule has 0 unspecified atom stereocenters. The van der Waals surface area contributed by atoms with Gasteiger partial charge in [-0.15, -0.1) is 0 Å². The second-order valence-electron chi connectivity index (χ2n) is 16.7. The third-order valence-electron chi connectivity index (χ3n) is 13.1. The minimum absolute atomic E-state index is 1.21. The monoisotopic (exact) mass is 810 g/mol.